The summed E-state index contributed by atoms with van der Waals surface area (Å²) < 4.78 is 0. The Labute approximate surface area is 258 Å². The van der Waals surface area contributed by atoms with Gasteiger partial charge in [-0.3, -0.25) is 9.59 Å². The van der Waals surface area contributed by atoms with Crippen LogP contribution in [0, 0.1) is 5.92 Å². The second-order valence-corrected chi connectivity index (χ2v) is 10.2. The van der Waals surface area contributed by atoms with Crippen LogP contribution < -0.4 is 38.5 Å². The maximum absolute atomic E-state index is 12.5. The van der Waals surface area contributed by atoms with Crippen molar-refractivity contribution in [1.29, 1.82) is 0 Å². The number of aromatic hydroxyl groups is 1. The zero-order valence-electron chi connectivity index (χ0n) is 23.3. The minimum Gasteiger partial charge on any atom is -0.506 e. The summed E-state index contributed by atoms with van der Waals surface area (Å²) in [6.45, 7) is 2.99. The van der Waals surface area contributed by atoms with Crippen LogP contribution in [0.25, 0.3) is 0 Å². The summed E-state index contributed by atoms with van der Waals surface area (Å²) in [4.78, 5) is 42.4. The normalized spacial score (nSPS) is 15.0. The van der Waals surface area contributed by atoms with Gasteiger partial charge in [-0.2, -0.15) is 15.0 Å². The molecule has 232 valence electrons. The highest BCUT2D eigenvalue weighted by Crippen LogP contribution is 2.30. The van der Waals surface area contributed by atoms with Crippen LogP contribution in [0.5, 0.6) is 5.75 Å². The molecule has 11 N–H and O–H groups in total. The summed E-state index contributed by atoms with van der Waals surface area (Å²) in [7, 11) is 0. The largest absolute Gasteiger partial charge is 0.506 e. The Morgan fingerprint density at radius 3 is 2.07 bits per heavy atom. The molecule has 0 bridgehead atoms. The Bertz CT molecular complexity index is 1360. The summed E-state index contributed by atoms with van der Waals surface area (Å²) in [6, 6.07) is 11.3. The monoisotopic (exact) mass is 624 g/mol. The van der Waals surface area contributed by atoms with Crippen molar-refractivity contribution in [3.8, 4) is 5.75 Å². The van der Waals surface area contributed by atoms with Crippen LogP contribution in [0.15, 0.2) is 42.5 Å². The van der Waals surface area contributed by atoms with Crippen molar-refractivity contribution in [2.24, 2.45) is 11.7 Å². The first kappa shape index (κ1) is 34.3. The van der Waals surface area contributed by atoms with Crippen LogP contribution in [0.1, 0.15) is 45.3 Å². The Kier molecular flexibility index (Phi) is 12.5. The molecule has 15 heteroatoms. The second-order valence-electron chi connectivity index (χ2n) is 9.79. The summed E-state index contributed by atoms with van der Waals surface area (Å²) >= 11 is 5.90. The number of halogens is 2. The number of rotatable bonds is 7. The highest BCUT2D eigenvalue weighted by Gasteiger charge is 2.26. The van der Waals surface area contributed by atoms with Gasteiger partial charge in [0, 0.05) is 57.3 Å². The third kappa shape index (κ3) is 8.32. The lowest BCUT2D eigenvalue weighted by atomic mass is 9.96. The maximum Gasteiger partial charge on any atom is 0.255 e. The number of nitrogens with zero attached hydrogens (tertiary/aromatic N) is 5. The number of amides is 2. The standard InChI is InChI=1S/C27H31ClN8O3.ClH.2H3N.2H2/c28-19-6-4-18(5-7-19)24(39)31-21-9-8-20(16-22(21)37)30-25-32-26(35-12-2-1-3-13-35)34-27(33-25)36-14-10-17(11-15-36)23(29)38;;;;;/h4-9,16-17,37H,1-3,10-15H2,(H2,29,38)(H,31,39)(H,30,32,33,34);1H;2*1H3;2*1H. The number of hydrogen-bond acceptors (Lipinski definition) is 11. The number of nitrogens with two attached hydrogens (primary N) is 1. The summed E-state index contributed by atoms with van der Waals surface area (Å²) in [5, 5.41) is 17.0. The summed E-state index contributed by atoms with van der Waals surface area (Å²) in [5.41, 5.74) is 6.74. The van der Waals surface area contributed by atoms with E-state index in [0.29, 0.717) is 60.0 Å². The molecule has 0 aliphatic carbocycles. The Morgan fingerprint density at radius 2 is 1.50 bits per heavy atom. The van der Waals surface area contributed by atoms with Gasteiger partial charge in [-0.1, -0.05) is 11.6 Å². The molecule has 13 nitrogen and oxygen atoms in total. The molecule has 0 saturated carbocycles. The van der Waals surface area contributed by atoms with Crippen LogP contribution in [-0.2, 0) is 4.79 Å². The topological polar surface area (TPSA) is 220 Å². The number of nitrogens with one attached hydrogen (secondary N) is 2. The third-order valence-corrected chi connectivity index (χ3v) is 7.29. The second kappa shape index (κ2) is 15.4. The van der Waals surface area contributed by atoms with Gasteiger partial charge in [-0.15, -0.1) is 12.4 Å². The van der Waals surface area contributed by atoms with Crippen molar-refractivity contribution in [2.75, 3.05) is 46.6 Å². The fraction of sp³-hybridized carbons (Fsp3) is 0.370. The number of aromatic nitrogens is 3. The van der Waals surface area contributed by atoms with E-state index in [0.717, 1.165) is 25.9 Å². The Morgan fingerprint density at radius 1 is 0.905 bits per heavy atom. The summed E-state index contributed by atoms with van der Waals surface area (Å²) in [6.07, 6.45) is 4.63. The average Bonchev–Trinajstić information content (AvgIpc) is 2.95. The number of anilines is 5. The van der Waals surface area contributed by atoms with Crippen molar-refractivity contribution in [3.05, 3.63) is 53.1 Å². The molecule has 0 radical (unpaired) electrons. The molecule has 42 heavy (non-hydrogen) atoms. The predicted octanol–water partition coefficient (Wildman–Crippen LogP) is 5.16. The lowest BCUT2D eigenvalue weighted by Gasteiger charge is -2.32. The van der Waals surface area contributed by atoms with Gasteiger partial charge in [0.1, 0.15) is 5.75 Å². The number of phenolic OH excluding ortho intramolecular Hbond substituents is 1. The lowest BCUT2D eigenvalue weighted by molar-refractivity contribution is -0.122. The molecule has 2 amide bonds. The molecule has 3 aromatic rings. The van der Waals surface area contributed by atoms with Crippen molar-refractivity contribution in [1.82, 2.24) is 27.3 Å². The number of hydrogen-bond donors (Lipinski definition) is 6. The van der Waals surface area contributed by atoms with Crippen LogP contribution in [0.3, 0.4) is 0 Å². The fourth-order valence-electron chi connectivity index (χ4n) is 4.79. The smallest absolute Gasteiger partial charge is 0.255 e. The number of carbonyl (C=O) groups is 2. The Balaban J connectivity index is 0.00000370. The molecule has 2 fully saturated rings. The molecule has 3 heterocycles. The quantitative estimate of drug-likeness (QED) is 0.188. The van der Waals surface area contributed by atoms with E-state index in [9.17, 15) is 14.7 Å². The summed E-state index contributed by atoms with van der Waals surface area (Å²) in [5.74, 6) is 0.591. The van der Waals surface area contributed by atoms with Gasteiger partial charge in [0.05, 0.1) is 5.69 Å². The molecule has 2 aliphatic heterocycles. The van der Waals surface area contributed by atoms with Crippen LogP contribution in [-0.4, -0.2) is 58.1 Å². The van der Waals surface area contributed by atoms with Crippen LogP contribution >= 0.6 is 24.0 Å². The first-order chi connectivity index (χ1) is 18.9. The molecular weight excluding hydrogens is 583 g/mol. The highest BCUT2D eigenvalue weighted by molar-refractivity contribution is 6.30. The van der Waals surface area contributed by atoms with Gasteiger partial charge in [0.15, 0.2) is 0 Å². The molecule has 1 aromatic heterocycles. The molecular formula is C27H42Cl2N10O3. The lowest BCUT2D eigenvalue weighted by Crippen LogP contribution is -2.40. The zero-order valence-corrected chi connectivity index (χ0v) is 24.8. The van der Waals surface area contributed by atoms with E-state index in [-0.39, 0.29) is 56.7 Å². The van der Waals surface area contributed by atoms with E-state index < -0.39 is 0 Å². The molecule has 0 unspecified atom stereocenters. The molecule has 2 aliphatic rings. The third-order valence-electron chi connectivity index (χ3n) is 7.04. The number of benzene rings is 2. The van der Waals surface area contributed by atoms with E-state index in [4.69, 9.17) is 22.3 Å². The fourth-order valence-corrected chi connectivity index (χ4v) is 4.92. The molecule has 2 saturated heterocycles. The van der Waals surface area contributed by atoms with E-state index in [1.165, 1.54) is 12.5 Å². The number of piperidine rings is 2. The van der Waals surface area contributed by atoms with E-state index in [1.54, 1.807) is 36.4 Å². The van der Waals surface area contributed by atoms with Gasteiger partial charge in [0.25, 0.3) is 5.91 Å². The molecule has 2 aromatic carbocycles. The highest BCUT2D eigenvalue weighted by atomic mass is 35.5. The van der Waals surface area contributed by atoms with Gasteiger partial charge in [-0.25, -0.2) is 0 Å². The van der Waals surface area contributed by atoms with Crippen LogP contribution in [0.4, 0.5) is 29.2 Å². The van der Waals surface area contributed by atoms with Crippen molar-refractivity contribution < 1.29 is 17.5 Å². The van der Waals surface area contributed by atoms with Gasteiger partial charge in [0.2, 0.25) is 23.8 Å². The Hall–Kier alpha value is -3.91. The number of primary amides is 1. The van der Waals surface area contributed by atoms with Crippen molar-refractivity contribution in [3.63, 3.8) is 0 Å². The number of phenols is 1. The van der Waals surface area contributed by atoms with E-state index >= 15 is 0 Å². The van der Waals surface area contributed by atoms with Crippen molar-refractivity contribution >= 4 is 65.0 Å². The molecule has 0 atom stereocenters. The first-order valence-electron chi connectivity index (χ1n) is 13.1. The zero-order chi connectivity index (χ0) is 27.4. The predicted molar refractivity (Wildman–Crippen MR) is 172 cm³/mol. The molecule has 5 rings (SSSR count). The van der Waals surface area contributed by atoms with Gasteiger partial charge < -0.3 is 43.6 Å². The van der Waals surface area contributed by atoms with Crippen LogP contribution in [0.2, 0.25) is 5.02 Å². The van der Waals surface area contributed by atoms with E-state index in [2.05, 4.69) is 25.5 Å². The molecule has 0 spiro atoms. The first-order valence-corrected chi connectivity index (χ1v) is 13.5. The maximum atomic E-state index is 12.5. The SMILES string of the molecule is Cl.N.N.NC(=O)C1CCN(c2nc(Nc3ccc(NC(=O)c4ccc(Cl)cc4)c(O)c3)nc(N3CCCCC3)n2)CC1.[HH].[HH]. The number of carbonyl (C=O) groups excluding carboxylic acids is 2. The minimum atomic E-state index is -0.365. The van der Waals surface area contributed by atoms with Crippen molar-refractivity contribution in [2.45, 2.75) is 32.1 Å². The van der Waals surface area contributed by atoms with E-state index in [1.807, 2.05) is 4.90 Å². The minimum absolute atomic E-state index is 0. The van der Waals surface area contributed by atoms with Gasteiger partial charge >= 0.3 is 0 Å². The van der Waals surface area contributed by atoms with Gasteiger partial charge in [-0.05, 0) is 68.5 Å². The average molecular weight is 626 g/mol.